The first-order valence-corrected chi connectivity index (χ1v) is 9.53. The Kier molecular flexibility index (Phi) is 5.74. The van der Waals surface area contributed by atoms with Crippen LogP contribution in [0.3, 0.4) is 0 Å². The van der Waals surface area contributed by atoms with E-state index in [-0.39, 0.29) is 16.7 Å². The Bertz CT molecular complexity index is 755. The average Bonchev–Trinajstić information content (AvgIpc) is 2.94. The second-order valence-electron chi connectivity index (χ2n) is 4.58. The number of carbonyl (C=O) groups is 1. The van der Waals surface area contributed by atoms with Crippen LogP contribution in [0.4, 0.5) is 0 Å². The summed E-state index contributed by atoms with van der Waals surface area (Å²) >= 11 is 4.48. The quantitative estimate of drug-likeness (QED) is 0.779. The van der Waals surface area contributed by atoms with Crippen LogP contribution >= 0.6 is 27.3 Å². The molecule has 1 aromatic heterocycles. The molecule has 2 rings (SSSR count). The van der Waals surface area contributed by atoms with Crippen molar-refractivity contribution in [2.24, 2.45) is 0 Å². The zero-order valence-electron chi connectivity index (χ0n) is 11.8. The Morgan fingerprint density at radius 2 is 1.82 bits per heavy atom. The van der Waals surface area contributed by atoms with Crippen LogP contribution in [-0.2, 0) is 27.9 Å². The zero-order valence-corrected chi connectivity index (χ0v) is 15.0. The molecule has 118 valence electrons. The van der Waals surface area contributed by atoms with Gasteiger partial charge in [0.25, 0.3) is 0 Å². The van der Waals surface area contributed by atoms with E-state index in [1.54, 1.807) is 12.1 Å². The molecule has 0 radical (unpaired) electrons. The summed E-state index contributed by atoms with van der Waals surface area (Å²) in [6.45, 7) is 1.99. The van der Waals surface area contributed by atoms with Gasteiger partial charge in [-0.15, -0.1) is 11.3 Å². The van der Waals surface area contributed by atoms with E-state index in [0.29, 0.717) is 6.54 Å². The van der Waals surface area contributed by atoms with Gasteiger partial charge < -0.3 is 5.32 Å². The third kappa shape index (κ3) is 4.91. The number of hydrogen-bond acceptors (Lipinski definition) is 4. The van der Waals surface area contributed by atoms with E-state index >= 15 is 0 Å². The van der Waals surface area contributed by atoms with Crippen molar-refractivity contribution in [3.8, 4) is 0 Å². The summed E-state index contributed by atoms with van der Waals surface area (Å²) < 4.78 is 28.2. The number of amides is 1. The number of benzene rings is 1. The Morgan fingerprint density at radius 3 is 2.45 bits per heavy atom. The Balaban J connectivity index is 2.00. The zero-order chi connectivity index (χ0) is 16.2. The summed E-state index contributed by atoms with van der Waals surface area (Å²) in [7, 11) is -3.54. The Morgan fingerprint density at radius 1 is 1.14 bits per heavy atom. The number of hydrogen-bond donors (Lipinski definition) is 2. The summed E-state index contributed by atoms with van der Waals surface area (Å²) in [5.41, 5.74) is 0.877. The molecule has 1 aromatic carbocycles. The molecule has 5 nitrogen and oxygen atoms in total. The van der Waals surface area contributed by atoms with Crippen LogP contribution in [0.25, 0.3) is 0 Å². The summed E-state index contributed by atoms with van der Waals surface area (Å²) in [5.74, 6) is -0.147. The molecule has 0 aliphatic carbocycles. The minimum absolute atomic E-state index is 0.147. The maximum atomic E-state index is 12.2. The first-order valence-electron chi connectivity index (χ1n) is 6.44. The van der Waals surface area contributed by atoms with Crippen LogP contribution in [0.15, 0.2) is 45.1 Å². The lowest BCUT2D eigenvalue weighted by molar-refractivity contribution is -0.119. The van der Waals surface area contributed by atoms with Gasteiger partial charge in [-0.2, -0.15) is 0 Å². The minimum Gasteiger partial charge on any atom is -0.351 e. The Labute approximate surface area is 141 Å². The number of carbonyl (C=O) groups excluding carboxylic acids is 1. The normalized spacial score (nSPS) is 11.4. The largest absolute Gasteiger partial charge is 0.351 e. The molecule has 2 aromatic rings. The second-order valence-corrected chi connectivity index (χ2v) is 8.66. The topological polar surface area (TPSA) is 75.3 Å². The number of sulfonamides is 1. The van der Waals surface area contributed by atoms with E-state index in [1.807, 2.05) is 24.3 Å². The van der Waals surface area contributed by atoms with Crippen LogP contribution in [0, 0.1) is 0 Å². The lowest BCUT2D eigenvalue weighted by Gasteiger charge is -2.05. The summed E-state index contributed by atoms with van der Waals surface area (Å²) in [5, 5.41) is 2.64. The molecule has 1 amide bonds. The number of thiophene rings is 1. The first-order chi connectivity index (χ1) is 10.4. The molecule has 0 spiro atoms. The van der Waals surface area contributed by atoms with E-state index < -0.39 is 10.0 Å². The monoisotopic (exact) mass is 402 g/mol. The fourth-order valence-electron chi connectivity index (χ4n) is 1.66. The summed E-state index contributed by atoms with van der Waals surface area (Å²) in [6.07, 6.45) is 0. The van der Waals surface area contributed by atoms with Crippen molar-refractivity contribution < 1.29 is 13.2 Å². The third-order valence-electron chi connectivity index (χ3n) is 2.79. The highest BCUT2D eigenvalue weighted by Crippen LogP contribution is 2.21. The molecular formula is C14H15BrN2O3S2. The van der Waals surface area contributed by atoms with Gasteiger partial charge in [-0.3, -0.25) is 4.79 Å². The van der Waals surface area contributed by atoms with Crippen LogP contribution in [0.2, 0.25) is 0 Å². The molecule has 0 saturated heterocycles. The van der Waals surface area contributed by atoms with Crippen molar-refractivity contribution in [1.82, 2.24) is 10.0 Å². The van der Waals surface area contributed by atoms with Crippen LogP contribution in [-0.4, -0.2) is 14.3 Å². The highest BCUT2D eigenvalue weighted by Gasteiger charge is 2.16. The fraction of sp³-hybridized carbons (Fsp3) is 0.214. The number of halogens is 1. The summed E-state index contributed by atoms with van der Waals surface area (Å²) in [6, 6.07) is 10.7. The molecule has 0 fully saturated rings. The molecule has 0 unspecified atom stereocenters. The van der Waals surface area contributed by atoms with Gasteiger partial charge in [0.2, 0.25) is 15.9 Å². The van der Waals surface area contributed by atoms with Crippen molar-refractivity contribution in [2.45, 2.75) is 24.2 Å². The molecule has 22 heavy (non-hydrogen) atoms. The molecule has 8 heteroatoms. The van der Waals surface area contributed by atoms with E-state index in [4.69, 9.17) is 0 Å². The van der Waals surface area contributed by atoms with Crippen LogP contribution in [0.1, 0.15) is 17.4 Å². The van der Waals surface area contributed by atoms with Gasteiger partial charge in [0.1, 0.15) is 4.21 Å². The van der Waals surface area contributed by atoms with E-state index in [9.17, 15) is 13.2 Å². The first kappa shape index (κ1) is 17.1. The molecule has 0 aliphatic heterocycles. The summed E-state index contributed by atoms with van der Waals surface area (Å²) in [4.78, 5) is 11.7. The van der Waals surface area contributed by atoms with Gasteiger partial charge in [0, 0.05) is 22.8 Å². The van der Waals surface area contributed by atoms with Gasteiger partial charge >= 0.3 is 0 Å². The van der Waals surface area contributed by atoms with Gasteiger partial charge in [0.15, 0.2) is 0 Å². The smallest absolute Gasteiger partial charge is 0.250 e. The molecule has 0 saturated carbocycles. The standard InChI is InChI=1S/C14H15BrN2O3S2/c1-10(18)16-9-13-6-7-14(21-13)22(19,20)17-8-11-2-4-12(15)5-3-11/h2-7,17H,8-9H2,1H3,(H,16,18). The predicted octanol–water partition coefficient (Wildman–Crippen LogP) is 2.63. The van der Waals surface area contributed by atoms with Crippen molar-refractivity contribution in [3.05, 3.63) is 51.3 Å². The van der Waals surface area contributed by atoms with Crippen LogP contribution < -0.4 is 10.0 Å². The van der Waals surface area contributed by atoms with Gasteiger partial charge in [0.05, 0.1) is 6.54 Å². The maximum absolute atomic E-state index is 12.2. The fourth-order valence-corrected chi connectivity index (χ4v) is 4.28. The van der Waals surface area contributed by atoms with Crippen LogP contribution in [0.5, 0.6) is 0 Å². The van der Waals surface area contributed by atoms with Gasteiger partial charge in [-0.05, 0) is 29.8 Å². The molecule has 0 bridgehead atoms. The van der Waals surface area contributed by atoms with Crippen molar-refractivity contribution in [3.63, 3.8) is 0 Å². The predicted molar refractivity (Wildman–Crippen MR) is 90.0 cm³/mol. The molecule has 2 N–H and O–H groups in total. The Hall–Kier alpha value is -1.22. The highest BCUT2D eigenvalue weighted by atomic mass is 79.9. The second kappa shape index (κ2) is 7.36. The maximum Gasteiger partial charge on any atom is 0.250 e. The van der Waals surface area contributed by atoms with Gasteiger partial charge in [-0.1, -0.05) is 28.1 Å². The van der Waals surface area contributed by atoms with Crippen molar-refractivity contribution >= 4 is 43.2 Å². The third-order valence-corrected chi connectivity index (χ3v) is 6.30. The number of rotatable bonds is 6. The van der Waals surface area contributed by atoms with Crippen molar-refractivity contribution in [1.29, 1.82) is 0 Å². The molecule has 0 aliphatic rings. The SMILES string of the molecule is CC(=O)NCc1ccc(S(=O)(=O)NCc2ccc(Br)cc2)s1. The van der Waals surface area contributed by atoms with E-state index in [2.05, 4.69) is 26.0 Å². The minimum atomic E-state index is -3.54. The van der Waals surface area contributed by atoms with Crippen molar-refractivity contribution in [2.75, 3.05) is 0 Å². The molecular weight excluding hydrogens is 388 g/mol. The average molecular weight is 403 g/mol. The number of nitrogens with one attached hydrogen (secondary N) is 2. The molecule has 1 heterocycles. The van der Waals surface area contributed by atoms with Gasteiger partial charge in [-0.25, -0.2) is 13.1 Å². The van der Waals surface area contributed by atoms with E-state index in [1.165, 1.54) is 6.92 Å². The highest BCUT2D eigenvalue weighted by molar-refractivity contribution is 9.10. The van der Waals surface area contributed by atoms with E-state index in [0.717, 1.165) is 26.3 Å². The lowest BCUT2D eigenvalue weighted by atomic mass is 10.2. The molecule has 0 atom stereocenters. The lowest BCUT2D eigenvalue weighted by Crippen LogP contribution is -2.22.